The molecular weight excluding hydrogens is 414 g/mol. The molecule has 3 rings (SSSR count). The Morgan fingerprint density at radius 3 is 2.41 bits per heavy atom. The second-order valence-electron chi connectivity index (χ2n) is 10.3. The number of alkyl halides is 1. The van der Waals surface area contributed by atoms with Gasteiger partial charge in [0.1, 0.15) is 6.17 Å². The molecular formula is C22H34BFN4O4. The van der Waals surface area contributed by atoms with E-state index in [4.69, 9.17) is 9.31 Å². The van der Waals surface area contributed by atoms with Gasteiger partial charge in [-0.05, 0) is 61.5 Å². The molecule has 0 bridgehead atoms. The van der Waals surface area contributed by atoms with Crippen LogP contribution in [-0.2, 0) is 9.31 Å². The molecule has 0 unspecified atom stereocenters. The molecule has 0 spiro atoms. The van der Waals surface area contributed by atoms with Gasteiger partial charge in [-0.25, -0.2) is 8.91 Å². The lowest BCUT2D eigenvalue weighted by atomic mass is 9.81. The van der Waals surface area contributed by atoms with Crippen molar-refractivity contribution in [3.05, 3.63) is 24.0 Å². The normalized spacial score (nSPS) is 18.9. The predicted molar refractivity (Wildman–Crippen MR) is 123 cm³/mol. The zero-order valence-corrected chi connectivity index (χ0v) is 20.1. The number of nitrogens with one attached hydrogen (secondary N) is 2. The average Bonchev–Trinajstić information content (AvgIpc) is 3.17. The quantitative estimate of drug-likeness (QED) is 0.563. The zero-order valence-electron chi connectivity index (χ0n) is 20.1. The molecule has 3 heterocycles. The van der Waals surface area contributed by atoms with Crippen molar-refractivity contribution in [3.63, 3.8) is 0 Å². The Morgan fingerprint density at radius 1 is 1.28 bits per heavy atom. The zero-order chi connectivity index (χ0) is 24.1. The molecule has 176 valence electrons. The van der Waals surface area contributed by atoms with E-state index in [9.17, 15) is 14.3 Å². The van der Waals surface area contributed by atoms with Crippen molar-refractivity contribution in [2.24, 2.45) is 0 Å². The molecule has 0 aromatic carbocycles. The highest BCUT2D eigenvalue weighted by Crippen LogP contribution is 2.36. The van der Waals surface area contributed by atoms with Crippen LogP contribution in [0.5, 0.6) is 0 Å². The van der Waals surface area contributed by atoms with Crippen molar-refractivity contribution in [1.82, 2.24) is 14.9 Å². The van der Waals surface area contributed by atoms with Crippen LogP contribution in [0.25, 0.3) is 5.52 Å². The van der Waals surface area contributed by atoms with Crippen molar-refractivity contribution >= 4 is 29.7 Å². The third-order valence-corrected chi connectivity index (χ3v) is 6.07. The molecule has 0 aliphatic carbocycles. The minimum atomic E-state index is -1.60. The van der Waals surface area contributed by atoms with Crippen molar-refractivity contribution in [2.45, 2.75) is 84.4 Å². The molecule has 32 heavy (non-hydrogen) atoms. The van der Waals surface area contributed by atoms with Crippen molar-refractivity contribution < 1.29 is 23.6 Å². The van der Waals surface area contributed by atoms with Crippen LogP contribution in [-0.4, -0.2) is 63.3 Å². The summed E-state index contributed by atoms with van der Waals surface area (Å²) in [6, 6.07) is 1.92. The highest BCUT2D eigenvalue weighted by molar-refractivity contribution is 6.62. The fourth-order valence-corrected chi connectivity index (χ4v) is 3.32. The van der Waals surface area contributed by atoms with Gasteiger partial charge in [0.2, 0.25) is 0 Å². The van der Waals surface area contributed by atoms with Gasteiger partial charge in [-0.2, -0.15) is 5.10 Å². The third kappa shape index (κ3) is 4.77. The molecule has 2 aromatic rings. The van der Waals surface area contributed by atoms with Crippen molar-refractivity contribution in [2.75, 3.05) is 11.9 Å². The Labute approximate surface area is 189 Å². The Balaban J connectivity index is 1.94. The number of carbonyl (C=O) groups is 1. The summed E-state index contributed by atoms with van der Waals surface area (Å²) in [5.74, 6) is -0.478. The van der Waals surface area contributed by atoms with E-state index in [1.54, 1.807) is 4.52 Å². The number of carbonyl (C=O) groups excluding carboxylic acids is 1. The fourth-order valence-electron chi connectivity index (χ4n) is 3.32. The van der Waals surface area contributed by atoms with Crippen LogP contribution in [0, 0.1) is 0 Å². The first-order chi connectivity index (χ1) is 14.6. The standard InChI is InChI=1S/C22H34BFN4O4/c1-13(2)27-18-15(19(29)25-11-17(24)20(3,4)30)10-26-28-12-14(9-16(18)28)23-31-21(5,6)22(7,8)32-23/h9-10,12-13,17,27,30H,11H2,1-8H3,(H,25,29)/t17-/m1/s1. The molecule has 1 amide bonds. The summed E-state index contributed by atoms with van der Waals surface area (Å²) >= 11 is 0. The van der Waals surface area contributed by atoms with E-state index >= 15 is 0 Å². The maximum Gasteiger partial charge on any atom is 0.496 e. The van der Waals surface area contributed by atoms with Gasteiger partial charge in [0, 0.05) is 17.7 Å². The summed E-state index contributed by atoms with van der Waals surface area (Å²) in [5.41, 5.74) is -0.184. The number of hydrogen-bond donors (Lipinski definition) is 3. The van der Waals surface area contributed by atoms with E-state index in [-0.39, 0.29) is 18.2 Å². The largest absolute Gasteiger partial charge is 0.496 e. The number of aliphatic hydroxyl groups is 1. The Morgan fingerprint density at radius 2 is 1.88 bits per heavy atom. The van der Waals surface area contributed by atoms with Gasteiger partial charge in [0.25, 0.3) is 5.91 Å². The van der Waals surface area contributed by atoms with Gasteiger partial charge in [0.05, 0.1) is 46.3 Å². The number of halogens is 1. The minimum Gasteiger partial charge on any atom is -0.399 e. The summed E-state index contributed by atoms with van der Waals surface area (Å²) in [5, 5.41) is 20.0. The molecule has 1 fully saturated rings. The summed E-state index contributed by atoms with van der Waals surface area (Å²) in [4.78, 5) is 12.9. The Bertz CT molecular complexity index is 984. The van der Waals surface area contributed by atoms with E-state index in [0.717, 1.165) is 5.46 Å². The number of anilines is 1. The molecule has 0 radical (unpaired) electrons. The van der Waals surface area contributed by atoms with Crippen LogP contribution >= 0.6 is 0 Å². The Kier molecular flexibility index (Phi) is 6.36. The number of nitrogens with zero attached hydrogens (tertiary/aromatic N) is 2. The van der Waals surface area contributed by atoms with Gasteiger partial charge in [-0.15, -0.1) is 0 Å². The lowest BCUT2D eigenvalue weighted by molar-refractivity contribution is -0.00177. The first-order valence-corrected chi connectivity index (χ1v) is 10.9. The second-order valence-corrected chi connectivity index (χ2v) is 10.3. The van der Waals surface area contributed by atoms with Crippen LogP contribution in [0.2, 0.25) is 0 Å². The van der Waals surface area contributed by atoms with Gasteiger partial charge in [-0.1, -0.05) is 0 Å². The predicted octanol–water partition coefficient (Wildman–Crippen LogP) is 2.29. The van der Waals surface area contributed by atoms with Crippen molar-refractivity contribution in [3.8, 4) is 0 Å². The summed E-state index contributed by atoms with van der Waals surface area (Å²) in [6.45, 7) is 14.3. The number of hydrogen-bond acceptors (Lipinski definition) is 6. The van der Waals surface area contributed by atoms with E-state index in [1.807, 2.05) is 53.8 Å². The highest BCUT2D eigenvalue weighted by Gasteiger charge is 2.52. The molecule has 3 N–H and O–H groups in total. The fraction of sp³-hybridized carbons (Fsp3) is 0.636. The van der Waals surface area contributed by atoms with Crippen molar-refractivity contribution in [1.29, 1.82) is 0 Å². The van der Waals surface area contributed by atoms with Crippen LogP contribution in [0.4, 0.5) is 10.1 Å². The first-order valence-electron chi connectivity index (χ1n) is 10.9. The summed E-state index contributed by atoms with van der Waals surface area (Å²) in [6.07, 6.45) is 1.66. The average molecular weight is 448 g/mol. The van der Waals surface area contributed by atoms with Crippen LogP contribution in [0.3, 0.4) is 0 Å². The smallest absolute Gasteiger partial charge is 0.399 e. The SMILES string of the molecule is CC(C)Nc1c(C(=O)NC[C@@H](F)C(C)(C)O)cnn2cc(B3OC(C)(C)C(C)(C)O3)cc12. The van der Waals surface area contributed by atoms with Crippen LogP contribution in [0.1, 0.15) is 65.7 Å². The lowest BCUT2D eigenvalue weighted by Crippen LogP contribution is -2.42. The van der Waals surface area contributed by atoms with Gasteiger partial charge >= 0.3 is 7.12 Å². The minimum absolute atomic E-state index is 0.0354. The Hall–Kier alpha value is -2.17. The topological polar surface area (TPSA) is 97.1 Å². The van der Waals surface area contributed by atoms with E-state index in [2.05, 4.69) is 15.7 Å². The number of rotatable bonds is 7. The molecule has 0 saturated carbocycles. The lowest BCUT2D eigenvalue weighted by Gasteiger charge is -2.32. The monoisotopic (exact) mass is 448 g/mol. The van der Waals surface area contributed by atoms with Gasteiger partial charge < -0.3 is 25.0 Å². The molecule has 2 aromatic heterocycles. The third-order valence-electron chi connectivity index (χ3n) is 6.07. The van der Waals surface area contributed by atoms with Crippen LogP contribution in [0.15, 0.2) is 18.5 Å². The number of amides is 1. The van der Waals surface area contributed by atoms with E-state index in [0.29, 0.717) is 11.2 Å². The summed E-state index contributed by atoms with van der Waals surface area (Å²) < 4.78 is 28.1. The molecule has 1 aliphatic heterocycles. The second kappa shape index (κ2) is 8.31. The molecule has 1 atom stereocenters. The molecule has 8 nitrogen and oxygen atoms in total. The van der Waals surface area contributed by atoms with Gasteiger partial charge in [-0.3, -0.25) is 4.79 Å². The van der Waals surface area contributed by atoms with Crippen LogP contribution < -0.4 is 16.1 Å². The molecule has 10 heteroatoms. The van der Waals surface area contributed by atoms with Gasteiger partial charge in [0.15, 0.2) is 0 Å². The number of aromatic nitrogens is 2. The number of fused-ring (bicyclic) bond motifs is 1. The highest BCUT2D eigenvalue weighted by atomic mass is 19.1. The van der Waals surface area contributed by atoms with E-state index in [1.165, 1.54) is 20.0 Å². The molecule has 1 saturated heterocycles. The first kappa shape index (κ1) is 24.5. The van der Waals surface area contributed by atoms with E-state index < -0.39 is 36.0 Å². The molecule has 1 aliphatic rings. The maximum absolute atomic E-state index is 14.1. The summed E-state index contributed by atoms with van der Waals surface area (Å²) in [7, 11) is -0.565. The maximum atomic E-state index is 14.1.